The molecule has 2 aromatic carbocycles. The second kappa shape index (κ2) is 11.3. The van der Waals surface area contributed by atoms with Gasteiger partial charge in [-0.2, -0.15) is 0 Å². The molecule has 1 aliphatic heterocycles. The van der Waals surface area contributed by atoms with Crippen molar-refractivity contribution >= 4 is 8.07 Å². The van der Waals surface area contributed by atoms with Crippen molar-refractivity contribution in [3.8, 4) is 11.5 Å². The summed E-state index contributed by atoms with van der Waals surface area (Å²) in [7, 11) is -1.94. The van der Waals surface area contributed by atoms with E-state index in [1.165, 1.54) is 73.6 Å². The van der Waals surface area contributed by atoms with E-state index in [0.717, 1.165) is 11.5 Å². The van der Waals surface area contributed by atoms with Crippen molar-refractivity contribution in [1.29, 1.82) is 0 Å². The molecule has 0 spiro atoms. The molecular weight excluding hydrogens is 656 g/mol. The van der Waals surface area contributed by atoms with Gasteiger partial charge in [-0.25, -0.2) is 0 Å². The van der Waals surface area contributed by atoms with Gasteiger partial charge in [0.15, 0.2) is 0 Å². The Kier molecular flexibility index (Phi) is 8.04. The molecule has 0 N–H and O–H groups in total. The van der Waals surface area contributed by atoms with Gasteiger partial charge in [-0.3, -0.25) is 0 Å². The molecule has 7 rings (SSSR count). The number of fused-ring (bicyclic) bond motifs is 4. The number of rotatable bonds is 4. The molecule has 46 heavy (non-hydrogen) atoms. The topological polar surface area (TPSA) is 18.5 Å². The molecular formula is C42H56O2SiZr. The van der Waals surface area contributed by atoms with Crippen molar-refractivity contribution in [2.24, 2.45) is 0 Å². The van der Waals surface area contributed by atoms with Crippen LogP contribution < -0.4 is 5.63 Å². The first-order valence-electron chi connectivity index (χ1n) is 18.1. The van der Waals surface area contributed by atoms with Gasteiger partial charge in [-0.05, 0) is 0 Å². The third-order valence-corrected chi connectivity index (χ3v) is 26.8. The van der Waals surface area contributed by atoms with Crippen LogP contribution in [0.15, 0.2) is 81.2 Å². The Hall–Kier alpha value is -1.90. The van der Waals surface area contributed by atoms with Crippen molar-refractivity contribution in [2.45, 2.75) is 138 Å². The van der Waals surface area contributed by atoms with Crippen LogP contribution in [-0.2, 0) is 32.0 Å². The molecule has 4 heteroatoms. The maximum atomic E-state index is 8.14. The number of hydrogen-bond donors (Lipinski definition) is 0. The summed E-state index contributed by atoms with van der Waals surface area (Å²) in [4.78, 5) is 0. The molecule has 0 radical (unpaired) electrons. The molecule has 2 atom stereocenters. The fourth-order valence-electron chi connectivity index (χ4n) is 9.38. The van der Waals surface area contributed by atoms with Gasteiger partial charge in [-0.1, -0.05) is 0 Å². The summed E-state index contributed by atoms with van der Waals surface area (Å²) in [5, 5.41) is 3.46. The minimum absolute atomic E-state index is 0.0370. The van der Waals surface area contributed by atoms with Gasteiger partial charge in [-0.15, -0.1) is 0 Å². The molecule has 4 aliphatic carbocycles. The SMILES string of the molecule is Cc1ccc([O][Zr]2([O]c3ccc(C)cc3C(C)(C)C)[CH]3C(=CC4=C3CCCC4)[Si](C)(C)C3=CC4=C(CCCC4)[CH]32)c(C(C)(C)C)c1. The van der Waals surface area contributed by atoms with Crippen molar-refractivity contribution in [2.75, 3.05) is 0 Å². The fourth-order valence-corrected chi connectivity index (χ4v) is 31.5. The molecule has 2 nitrogen and oxygen atoms in total. The average molecular weight is 712 g/mol. The first-order valence-corrected chi connectivity index (χ1v) is 25.9. The molecule has 1 heterocycles. The molecule has 244 valence electrons. The summed E-state index contributed by atoms with van der Waals surface area (Å²) in [5.74, 6) is 2.15. The Bertz CT molecular complexity index is 1590. The first-order chi connectivity index (χ1) is 21.6. The zero-order chi connectivity index (χ0) is 32.8. The summed E-state index contributed by atoms with van der Waals surface area (Å²) in [6, 6.07) is 13.9. The quantitative estimate of drug-likeness (QED) is 0.294. The number of allylic oxidation sites excluding steroid dienone is 8. The second-order valence-electron chi connectivity index (χ2n) is 17.6. The maximum absolute atomic E-state index is 8.14. The molecule has 5 aliphatic rings. The number of benzene rings is 2. The van der Waals surface area contributed by atoms with Crippen LogP contribution >= 0.6 is 0 Å². The van der Waals surface area contributed by atoms with Gasteiger partial charge in [0.05, 0.1) is 0 Å². The summed E-state index contributed by atoms with van der Waals surface area (Å²) < 4.78 is 17.0. The van der Waals surface area contributed by atoms with Crippen LogP contribution in [0.5, 0.6) is 11.5 Å². The average Bonchev–Trinajstić information content (AvgIpc) is 3.59. The fraction of sp³-hybridized carbons (Fsp3) is 0.524. The van der Waals surface area contributed by atoms with E-state index < -0.39 is 29.2 Å². The molecule has 0 bridgehead atoms. The zero-order valence-corrected chi connectivity index (χ0v) is 33.7. The van der Waals surface area contributed by atoms with Crippen LogP contribution in [0, 0.1) is 13.8 Å². The van der Waals surface area contributed by atoms with Gasteiger partial charge in [0.2, 0.25) is 0 Å². The van der Waals surface area contributed by atoms with Gasteiger partial charge in [0.1, 0.15) is 0 Å². The van der Waals surface area contributed by atoms with E-state index in [1.807, 2.05) is 0 Å². The molecule has 2 aromatic rings. The third-order valence-electron chi connectivity index (χ3n) is 11.8. The van der Waals surface area contributed by atoms with Crippen molar-refractivity contribution in [3.63, 3.8) is 0 Å². The standard InChI is InChI=1S/C20H26Si.2C11H16O.Zr/c1-21(2,19-11-15-7-3-4-8-16(15)12-19)20-13-17-9-5-6-10-18(17)14-20;2*1-8-5-6-10(12)9(7-8)11(2,3)4;/h11-14H,3-10H2,1-2H3;2*5-7,12H,1-4H3;/q;;;+2/p-2. The Morgan fingerprint density at radius 3 is 1.39 bits per heavy atom. The Morgan fingerprint density at radius 1 is 0.609 bits per heavy atom. The van der Waals surface area contributed by atoms with E-state index in [0.29, 0.717) is 7.25 Å². The van der Waals surface area contributed by atoms with Gasteiger partial charge in [0, 0.05) is 0 Å². The van der Waals surface area contributed by atoms with Crippen LogP contribution in [0.1, 0.15) is 115 Å². The predicted octanol–water partition coefficient (Wildman–Crippen LogP) is 12.3. The molecule has 1 saturated heterocycles. The molecule has 0 saturated carbocycles. The summed E-state index contributed by atoms with van der Waals surface area (Å²) in [6.45, 7) is 23.8. The predicted molar refractivity (Wildman–Crippen MR) is 193 cm³/mol. The number of aryl methyl sites for hydroxylation is 2. The normalized spacial score (nSPS) is 24.9. The van der Waals surface area contributed by atoms with Crippen molar-refractivity contribution in [1.82, 2.24) is 0 Å². The van der Waals surface area contributed by atoms with Gasteiger partial charge >= 0.3 is 288 Å². The van der Waals surface area contributed by atoms with E-state index in [-0.39, 0.29) is 10.8 Å². The van der Waals surface area contributed by atoms with Crippen molar-refractivity contribution in [3.05, 3.63) is 103 Å². The molecule has 0 aromatic heterocycles. The summed E-state index contributed by atoms with van der Waals surface area (Å²) >= 11 is -4.38. The van der Waals surface area contributed by atoms with E-state index in [2.05, 4.69) is 117 Å². The van der Waals surface area contributed by atoms with E-state index in [9.17, 15) is 0 Å². The summed E-state index contributed by atoms with van der Waals surface area (Å²) in [6.07, 6.45) is 15.4. The van der Waals surface area contributed by atoms with Gasteiger partial charge < -0.3 is 0 Å². The Balaban J connectivity index is 1.55. The van der Waals surface area contributed by atoms with Crippen LogP contribution in [0.2, 0.25) is 20.3 Å². The zero-order valence-electron chi connectivity index (χ0n) is 30.2. The van der Waals surface area contributed by atoms with E-state index in [1.54, 1.807) is 32.7 Å². The second-order valence-corrected chi connectivity index (χ2v) is 29.4. The summed E-state index contributed by atoms with van der Waals surface area (Å²) in [5.41, 5.74) is 11.8. The Labute approximate surface area is 286 Å². The van der Waals surface area contributed by atoms with Crippen molar-refractivity contribution < 1.29 is 26.8 Å². The first kappa shape index (κ1) is 32.6. The minimum atomic E-state index is -4.38. The molecule has 1 fully saturated rings. The molecule has 0 amide bonds. The molecule has 2 unspecified atom stereocenters. The third kappa shape index (κ3) is 5.28. The van der Waals surface area contributed by atoms with Gasteiger partial charge in [0.25, 0.3) is 0 Å². The van der Waals surface area contributed by atoms with E-state index in [4.69, 9.17) is 5.63 Å². The monoisotopic (exact) mass is 710 g/mol. The van der Waals surface area contributed by atoms with E-state index >= 15 is 0 Å². The number of hydrogen-bond acceptors (Lipinski definition) is 2. The van der Waals surface area contributed by atoms with Crippen LogP contribution in [0.3, 0.4) is 0 Å². The van der Waals surface area contributed by atoms with Crippen LogP contribution in [0.25, 0.3) is 0 Å². The van der Waals surface area contributed by atoms with Crippen LogP contribution in [0.4, 0.5) is 0 Å². The van der Waals surface area contributed by atoms with Crippen LogP contribution in [-0.4, -0.2) is 8.07 Å². The Morgan fingerprint density at radius 2 is 1.00 bits per heavy atom.